The van der Waals surface area contributed by atoms with Gasteiger partial charge >= 0.3 is 0 Å². The van der Waals surface area contributed by atoms with Gasteiger partial charge in [0.15, 0.2) is 11.6 Å². The second kappa shape index (κ2) is 6.48. The van der Waals surface area contributed by atoms with Crippen molar-refractivity contribution in [1.82, 2.24) is 4.98 Å². The van der Waals surface area contributed by atoms with Gasteiger partial charge in [-0.25, -0.2) is 13.8 Å². The van der Waals surface area contributed by atoms with E-state index in [4.69, 9.17) is 11.6 Å². The average Bonchev–Trinajstić information content (AvgIpc) is 2.39. The van der Waals surface area contributed by atoms with E-state index in [9.17, 15) is 8.78 Å². The topological polar surface area (TPSA) is 16.1 Å². The van der Waals surface area contributed by atoms with Crippen molar-refractivity contribution in [3.63, 3.8) is 0 Å². The van der Waals surface area contributed by atoms with Gasteiger partial charge in [-0.1, -0.05) is 30.3 Å². The highest BCUT2D eigenvalue weighted by Crippen LogP contribution is 2.19. The second-order valence-corrected chi connectivity index (χ2v) is 4.43. The van der Waals surface area contributed by atoms with Crippen molar-refractivity contribution >= 4 is 17.4 Å². The molecule has 0 N–H and O–H groups in total. The Labute approximate surface area is 115 Å². The van der Waals surface area contributed by atoms with Gasteiger partial charge in [-0.2, -0.15) is 0 Å². The van der Waals surface area contributed by atoms with E-state index in [1.54, 1.807) is 4.90 Å². The SMILES string of the molecule is Fc1cnc(N(CCCl)Cc2ccccc2)c(F)c1. The van der Waals surface area contributed by atoms with Gasteiger partial charge in [0.2, 0.25) is 0 Å². The van der Waals surface area contributed by atoms with E-state index >= 15 is 0 Å². The molecule has 2 nitrogen and oxygen atoms in total. The minimum atomic E-state index is -0.688. The van der Waals surface area contributed by atoms with Crippen LogP contribution in [0.1, 0.15) is 5.56 Å². The molecule has 0 saturated heterocycles. The predicted molar refractivity (Wildman–Crippen MR) is 72.4 cm³/mol. The molecule has 2 aromatic rings. The lowest BCUT2D eigenvalue weighted by molar-refractivity contribution is 0.567. The van der Waals surface area contributed by atoms with Gasteiger partial charge < -0.3 is 4.90 Å². The van der Waals surface area contributed by atoms with Crippen LogP contribution in [0.3, 0.4) is 0 Å². The van der Waals surface area contributed by atoms with Crippen molar-refractivity contribution in [1.29, 1.82) is 0 Å². The fourth-order valence-corrected chi connectivity index (χ4v) is 2.01. The Kier molecular flexibility index (Phi) is 4.68. The highest BCUT2D eigenvalue weighted by atomic mass is 35.5. The van der Waals surface area contributed by atoms with Crippen LogP contribution in [0.4, 0.5) is 14.6 Å². The maximum atomic E-state index is 13.7. The quantitative estimate of drug-likeness (QED) is 0.779. The predicted octanol–water partition coefficient (Wildman–Crippen LogP) is 3.61. The van der Waals surface area contributed by atoms with Crippen LogP contribution in [0.15, 0.2) is 42.6 Å². The Hall–Kier alpha value is -1.68. The lowest BCUT2D eigenvalue weighted by Crippen LogP contribution is -2.27. The fourth-order valence-electron chi connectivity index (χ4n) is 1.81. The lowest BCUT2D eigenvalue weighted by Gasteiger charge is -2.23. The monoisotopic (exact) mass is 282 g/mol. The normalized spacial score (nSPS) is 10.5. The fraction of sp³-hybridized carbons (Fsp3) is 0.214. The van der Waals surface area contributed by atoms with Crippen molar-refractivity contribution in [2.75, 3.05) is 17.3 Å². The third-order valence-electron chi connectivity index (χ3n) is 2.66. The molecule has 19 heavy (non-hydrogen) atoms. The van der Waals surface area contributed by atoms with Crippen LogP contribution < -0.4 is 4.90 Å². The third kappa shape index (κ3) is 3.64. The number of nitrogens with zero attached hydrogens (tertiary/aromatic N) is 2. The second-order valence-electron chi connectivity index (χ2n) is 4.06. The summed E-state index contributed by atoms with van der Waals surface area (Å²) in [5.74, 6) is -0.913. The molecule has 1 aromatic heterocycles. The highest BCUT2D eigenvalue weighted by molar-refractivity contribution is 6.18. The summed E-state index contributed by atoms with van der Waals surface area (Å²) in [6, 6.07) is 10.4. The largest absolute Gasteiger partial charge is 0.349 e. The van der Waals surface area contributed by atoms with Gasteiger partial charge in [0.1, 0.15) is 5.82 Å². The number of anilines is 1. The summed E-state index contributed by atoms with van der Waals surface area (Å²) in [7, 11) is 0. The Morgan fingerprint density at radius 3 is 2.53 bits per heavy atom. The van der Waals surface area contributed by atoms with Crippen molar-refractivity contribution < 1.29 is 8.78 Å². The lowest BCUT2D eigenvalue weighted by atomic mass is 10.2. The van der Waals surface area contributed by atoms with E-state index < -0.39 is 11.6 Å². The number of benzene rings is 1. The van der Waals surface area contributed by atoms with Crippen molar-refractivity contribution in [2.45, 2.75) is 6.54 Å². The summed E-state index contributed by atoms with van der Waals surface area (Å²) in [5.41, 5.74) is 1.01. The first-order valence-electron chi connectivity index (χ1n) is 5.86. The highest BCUT2D eigenvalue weighted by Gasteiger charge is 2.14. The molecule has 0 aliphatic heterocycles. The molecule has 5 heteroatoms. The molecule has 0 saturated carbocycles. The molecule has 0 atom stereocenters. The Bertz CT molecular complexity index is 534. The molecule has 100 valence electrons. The van der Waals surface area contributed by atoms with E-state index in [-0.39, 0.29) is 5.82 Å². The molecule has 0 unspecified atom stereocenters. The van der Waals surface area contributed by atoms with E-state index in [0.717, 1.165) is 17.8 Å². The Morgan fingerprint density at radius 2 is 1.89 bits per heavy atom. The number of hydrogen-bond donors (Lipinski definition) is 0. The minimum Gasteiger partial charge on any atom is -0.349 e. The zero-order chi connectivity index (χ0) is 13.7. The third-order valence-corrected chi connectivity index (χ3v) is 2.83. The molecular formula is C14H13ClF2N2. The number of aromatic nitrogens is 1. The summed E-state index contributed by atoms with van der Waals surface area (Å²) in [5, 5.41) is 0. The number of rotatable bonds is 5. The maximum Gasteiger partial charge on any atom is 0.168 e. The number of hydrogen-bond acceptors (Lipinski definition) is 2. The van der Waals surface area contributed by atoms with Crippen LogP contribution in [-0.4, -0.2) is 17.4 Å². The summed E-state index contributed by atoms with van der Waals surface area (Å²) < 4.78 is 26.6. The molecular weight excluding hydrogens is 270 g/mol. The van der Waals surface area contributed by atoms with Crippen LogP contribution >= 0.6 is 11.6 Å². The average molecular weight is 283 g/mol. The number of alkyl halides is 1. The Morgan fingerprint density at radius 1 is 1.16 bits per heavy atom. The van der Waals surface area contributed by atoms with Crippen molar-refractivity contribution in [3.8, 4) is 0 Å². The van der Waals surface area contributed by atoms with Crippen LogP contribution in [0.25, 0.3) is 0 Å². The van der Waals surface area contributed by atoms with E-state index in [0.29, 0.717) is 19.0 Å². The molecule has 1 aromatic carbocycles. The molecule has 2 rings (SSSR count). The summed E-state index contributed by atoms with van der Waals surface area (Å²) in [6.07, 6.45) is 1.00. The van der Waals surface area contributed by atoms with Crippen molar-refractivity contribution in [2.24, 2.45) is 0 Å². The van der Waals surface area contributed by atoms with Crippen LogP contribution in [0.5, 0.6) is 0 Å². The van der Waals surface area contributed by atoms with Crippen molar-refractivity contribution in [3.05, 3.63) is 59.8 Å². The summed E-state index contributed by atoms with van der Waals surface area (Å²) in [6.45, 7) is 0.912. The molecule has 0 radical (unpaired) electrons. The molecule has 0 spiro atoms. The first-order chi connectivity index (χ1) is 9.20. The van der Waals surface area contributed by atoms with Gasteiger partial charge in [-0.3, -0.25) is 0 Å². The molecule has 0 fully saturated rings. The molecule has 0 aliphatic carbocycles. The van der Waals surface area contributed by atoms with Gasteiger partial charge in [-0.15, -0.1) is 11.6 Å². The van der Waals surface area contributed by atoms with E-state index in [1.807, 2.05) is 30.3 Å². The standard InChI is InChI=1S/C14H13ClF2N2/c15-6-7-19(10-11-4-2-1-3-5-11)14-13(17)8-12(16)9-18-14/h1-5,8-9H,6-7,10H2. The zero-order valence-electron chi connectivity index (χ0n) is 10.2. The number of halogens is 3. The van der Waals surface area contributed by atoms with Gasteiger partial charge in [0.25, 0.3) is 0 Å². The van der Waals surface area contributed by atoms with Crippen LogP contribution in [-0.2, 0) is 6.54 Å². The van der Waals surface area contributed by atoms with Crippen LogP contribution in [0.2, 0.25) is 0 Å². The molecule has 0 bridgehead atoms. The summed E-state index contributed by atoms with van der Waals surface area (Å²) in [4.78, 5) is 5.50. The van der Waals surface area contributed by atoms with E-state index in [2.05, 4.69) is 4.98 Å². The van der Waals surface area contributed by atoms with Crippen LogP contribution in [0, 0.1) is 11.6 Å². The van der Waals surface area contributed by atoms with Gasteiger partial charge in [0.05, 0.1) is 6.20 Å². The smallest absolute Gasteiger partial charge is 0.168 e. The molecule has 1 heterocycles. The first-order valence-corrected chi connectivity index (χ1v) is 6.40. The Balaban J connectivity index is 2.24. The maximum absolute atomic E-state index is 13.7. The molecule has 0 amide bonds. The number of pyridine rings is 1. The summed E-state index contributed by atoms with van der Waals surface area (Å²) >= 11 is 5.73. The zero-order valence-corrected chi connectivity index (χ0v) is 10.9. The van der Waals surface area contributed by atoms with E-state index in [1.165, 1.54) is 0 Å². The van der Waals surface area contributed by atoms with Gasteiger partial charge in [0, 0.05) is 25.0 Å². The first kappa shape index (κ1) is 13.7. The van der Waals surface area contributed by atoms with Gasteiger partial charge in [-0.05, 0) is 5.56 Å². The minimum absolute atomic E-state index is 0.117. The molecule has 0 aliphatic rings.